The van der Waals surface area contributed by atoms with E-state index >= 15 is 0 Å². The first-order valence-corrected chi connectivity index (χ1v) is 11.7. The number of thioether (sulfide) groups is 1. The zero-order valence-electron chi connectivity index (χ0n) is 17.2. The quantitative estimate of drug-likeness (QED) is 0.495. The van der Waals surface area contributed by atoms with Gasteiger partial charge < -0.3 is 20.3 Å². The van der Waals surface area contributed by atoms with Gasteiger partial charge in [-0.25, -0.2) is 0 Å². The van der Waals surface area contributed by atoms with Crippen LogP contribution in [0.5, 0.6) is 5.75 Å². The molecule has 1 heterocycles. The van der Waals surface area contributed by atoms with Crippen molar-refractivity contribution >= 4 is 46.6 Å². The van der Waals surface area contributed by atoms with Gasteiger partial charge in [-0.05, 0) is 41.6 Å². The van der Waals surface area contributed by atoms with Crippen molar-refractivity contribution in [3.05, 3.63) is 51.5 Å². The Bertz CT molecular complexity index is 970. The number of nitrogens with one attached hydrogen (secondary N) is 2. The summed E-state index contributed by atoms with van der Waals surface area (Å²) in [5.74, 6) is -0.232. The number of amides is 1. The summed E-state index contributed by atoms with van der Waals surface area (Å²) < 4.78 is 43.4. The summed E-state index contributed by atoms with van der Waals surface area (Å²) in [5, 5.41) is 6.40. The van der Waals surface area contributed by atoms with Crippen molar-refractivity contribution in [2.45, 2.75) is 24.7 Å². The third-order valence-electron chi connectivity index (χ3n) is 4.71. The third kappa shape index (κ3) is 6.60. The molecule has 1 fully saturated rings. The van der Waals surface area contributed by atoms with Crippen LogP contribution in [0.25, 0.3) is 0 Å². The average molecular weight is 508 g/mol. The summed E-state index contributed by atoms with van der Waals surface area (Å²) in [6.45, 7) is 4.29. The van der Waals surface area contributed by atoms with Gasteiger partial charge >= 0.3 is 6.36 Å². The van der Waals surface area contributed by atoms with E-state index in [1.807, 2.05) is 13.0 Å². The Kier molecular flexibility index (Phi) is 8.43. The molecule has 174 valence electrons. The van der Waals surface area contributed by atoms with E-state index in [1.165, 1.54) is 6.07 Å². The number of ether oxygens (including phenoxy) is 1. The Labute approximate surface area is 198 Å². The van der Waals surface area contributed by atoms with Gasteiger partial charge in [-0.3, -0.25) is 4.79 Å². The number of anilines is 1. The minimum Gasteiger partial charge on any atom is -0.403 e. The molecule has 0 unspecified atom stereocenters. The Morgan fingerprint density at radius 2 is 1.94 bits per heavy atom. The van der Waals surface area contributed by atoms with Crippen molar-refractivity contribution in [2.75, 3.05) is 36.8 Å². The lowest BCUT2D eigenvalue weighted by Crippen LogP contribution is -2.44. The predicted molar refractivity (Wildman–Crippen MR) is 122 cm³/mol. The van der Waals surface area contributed by atoms with E-state index in [2.05, 4.69) is 15.4 Å². The van der Waals surface area contributed by atoms with Crippen molar-refractivity contribution < 1.29 is 22.7 Å². The van der Waals surface area contributed by atoms with Crippen LogP contribution in [0.1, 0.15) is 22.8 Å². The Morgan fingerprint density at radius 1 is 1.22 bits per heavy atom. The van der Waals surface area contributed by atoms with Crippen molar-refractivity contribution in [3.8, 4) is 5.75 Å². The fraction of sp³-hybridized carbons (Fsp3) is 0.381. The highest BCUT2D eigenvalue weighted by Crippen LogP contribution is 2.40. The summed E-state index contributed by atoms with van der Waals surface area (Å²) in [4.78, 5) is 15.4. The maximum absolute atomic E-state index is 13.1. The molecule has 0 bridgehead atoms. The minimum absolute atomic E-state index is 0.0174. The second-order valence-corrected chi connectivity index (χ2v) is 9.11. The molecule has 0 spiro atoms. The van der Waals surface area contributed by atoms with Crippen LogP contribution in [0.3, 0.4) is 0 Å². The number of carbonyl (C=O) groups excluding carboxylic acids is 1. The van der Waals surface area contributed by atoms with Gasteiger partial charge in [0.05, 0.1) is 10.7 Å². The second-order valence-electron chi connectivity index (χ2n) is 6.96. The van der Waals surface area contributed by atoms with Crippen LogP contribution in [-0.4, -0.2) is 44.2 Å². The molecule has 32 heavy (non-hydrogen) atoms. The molecule has 1 amide bonds. The SMILES string of the molecule is CCSc1ccc(Cl)cc1CNC(=O)c1cc(Cl)c(N2CCNCC2)c(OC(F)(F)F)c1. The standard InChI is InChI=1S/C21H22Cl2F3N3O2S/c1-2-32-18-4-3-15(22)9-14(18)12-28-20(30)13-10-16(23)19(29-7-5-27-6-8-29)17(11-13)31-21(24,25)26/h3-4,9-11,27H,2,5-8,12H2,1H3,(H,28,30). The van der Waals surface area contributed by atoms with E-state index in [-0.39, 0.29) is 22.8 Å². The normalized spacial score (nSPS) is 14.4. The van der Waals surface area contributed by atoms with Gasteiger partial charge in [0.25, 0.3) is 5.91 Å². The first kappa shape index (κ1) is 24.8. The first-order chi connectivity index (χ1) is 15.2. The highest BCUT2D eigenvalue weighted by atomic mass is 35.5. The van der Waals surface area contributed by atoms with E-state index in [9.17, 15) is 18.0 Å². The smallest absolute Gasteiger partial charge is 0.403 e. The summed E-state index contributed by atoms with van der Waals surface area (Å²) in [6.07, 6.45) is -4.92. The molecule has 2 aromatic rings. The van der Waals surface area contributed by atoms with Crippen molar-refractivity contribution in [1.82, 2.24) is 10.6 Å². The van der Waals surface area contributed by atoms with Crippen LogP contribution in [0, 0.1) is 0 Å². The molecule has 0 atom stereocenters. The van der Waals surface area contributed by atoms with E-state index < -0.39 is 18.0 Å². The summed E-state index contributed by atoms with van der Waals surface area (Å²) in [7, 11) is 0. The topological polar surface area (TPSA) is 53.6 Å². The number of hydrogen-bond donors (Lipinski definition) is 2. The number of hydrogen-bond acceptors (Lipinski definition) is 5. The maximum Gasteiger partial charge on any atom is 0.573 e. The van der Waals surface area contributed by atoms with E-state index in [0.29, 0.717) is 31.2 Å². The fourth-order valence-electron chi connectivity index (χ4n) is 3.36. The summed E-state index contributed by atoms with van der Waals surface area (Å²) in [6, 6.07) is 7.81. The molecule has 2 aromatic carbocycles. The van der Waals surface area contributed by atoms with E-state index in [4.69, 9.17) is 23.2 Å². The largest absolute Gasteiger partial charge is 0.573 e. The molecule has 1 aliphatic heterocycles. The van der Waals surface area contributed by atoms with Gasteiger partial charge in [0, 0.05) is 48.2 Å². The van der Waals surface area contributed by atoms with Gasteiger partial charge in [-0.15, -0.1) is 24.9 Å². The maximum atomic E-state index is 13.1. The Balaban J connectivity index is 1.85. The molecule has 0 saturated carbocycles. The molecule has 1 saturated heterocycles. The molecular weight excluding hydrogens is 486 g/mol. The number of alkyl halides is 3. The fourth-order valence-corrected chi connectivity index (χ4v) is 4.68. The van der Waals surface area contributed by atoms with Crippen LogP contribution in [0.4, 0.5) is 18.9 Å². The van der Waals surface area contributed by atoms with Gasteiger partial charge in [-0.2, -0.15) is 0 Å². The van der Waals surface area contributed by atoms with Crippen LogP contribution in [0.15, 0.2) is 35.2 Å². The monoisotopic (exact) mass is 507 g/mol. The summed E-state index contributed by atoms with van der Waals surface area (Å²) in [5.41, 5.74) is 0.909. The Hall–Kier alpha value is -1.81. The lowest BCUT2D eigenvalue weighted by Gasteiger charge is -2.31. The summed E-state index contributed by atoms with van der Waals surface area (Å²) >= 11 is 14.0. The van der Waals surface area contributed by atoms with Crippen molar-refractivity contribution in [1.29, 1.82) is 0 Å². The number of benzene rings is 2. The minimum atomic E-state index is -4.92. The first-order valence-electron chi connectivity index (χ1n) is 9.92. The van der Waals surface area contributed by atoms with Gasteiger partial charge in [0.2, 0.25) is 0 Å². The van der Waals surface area contributed by atoms with Gasteiger partial charge in [-0.1, -0.05) is 30.1 Å². The molecule has 11 heteroatoms. The molecule has 3 rings (SSSR count). The highest BCUT2D eigenvalue weighted by molar-refractivity contribution is 7.99. The van der Waals surface area contributed by atoms with E-state index in [0.717, 1.165) is 22.3 Å². The van der Waals surface area contributed by atoms with Crippen LogP contribution in [-0.2, 0) is 6.54 Å². The van der Waals surface area contributed by atoms with Gasteiger partial charge in [0.15, 0.2) is 5.75 Å². The zero-order valence-corrected chi connectivity index (χ0v) is 19.5. The van der Waals surface area contributed by atoms with Crippen LogP contribution in [0.2, 0.25) is 10.0 Å². The molecule has 2 N–H and O–H groups in total. The zero-order chi connectivity index (χ0) is 23.3. The lowest BCUT2D eigenvalue weighted by molar-refractivity contribution is -0.274. The highest BCUT2D eigenvalue weighted by Gasteiger charge is 2.34. The molecule has 0 aliphatic carbocycles. The second kappa shape index (κ2) is 10.9. The predicted octanol–water partition coefficient (Wildman–Crippen LogP) is 5.34. The Morgan fingerprint density at radius 3 is 2.59 bits per heavy atom. The van der Waals surface area contributed by atoms with Crippen LogP contribution >= 0.6 is 35.0 Å². The number of piperazine rings is 1. The lowest BCUT2D eigenvalue weighted by atomic mass is 10.1. The number of rotatable bonds is 7. The molecule has 0 aromatic heterocycles. The number of nitrogens with zero attached hydrogens (tertiary/aromatic N) is 1. The number of carbonyl (C=O) groups is 1. The van der Waals surface area contributed by atoms with Crippen molar-refractivity contribution in [2.24, 2.45) is 0 Å². The van der Waals surface area contributed by atoms with Gasteiger partial charge in [0.1, 0.15) is 0 Å². The molecular formula is C21H22Cl2F3N3O2S. The molecule has 5 nitrogen and oxygen atoms in total. The number of halogens is 5. The molecule has 1 aliphatic rings. The van der Waals surface area contributed by atoms with E-state index in [1.54, 1.807) is 28.8 Å². The van der Waals surface area contributed by atoms with Crippen LogP contribution < -0.4 is 20.3 Å². The third-order valence-corrected chi connectivity index (χ3v) is 6.23. The van der Waals surface area contributed by atoms with Crippen molar-refractivity contribution in [3.63, 3.8) is 0 Å². The molecule has 0 radical (unpaired) electrons. The average Bonchev–Trinajstić information content (AvgIpc) is 2.73.